The summed E-state index contributed by atoms with van der Waals surface area (Å²) in [6.45, 7) is 2.63. The van der Waals surface area contributed by atoms with Gasteiger partial charge in [0.05, 0.1) is 6.54 Å². The minimum Gasteiger partial charge on any atom is -0.398 e. The van der Waals surface area contributed by atoms with Gasteiger partial charge in [-0.25, -0.2) is 0 Å². The van der Waals surface area contributed by atoms with Crippen molar-refractivity contribution in [1.29, 1.82) is 0 Å². The highest BCUT2D eigenvalue weighted by atomic mass is 32.1. The summed E-state index contributed by atoms with van der Waals surface area (Å²) in [4.78, 5) is 1.20. The van der Waals surface area contributed by atoms with Crippen molar-refractivity contribution in [3.05, 3.63) is 34.8 Å². The van der Waals surface area contributed by atoms with E-state index in [1.165, 1.54) is 4.88 Å². The van der Waals surface area contributed by atoms with Gasteiger partial charge in [-0.1, -0.05) is 0 Å². The number of hydrogen-bond donors (Lipinski definition) is 2. The Morgan fingerprint density at radius 3 is 3.13 bits per heavy atom. The molecule has 0 aromatic carbocycles. The Labute approximate surface area is 92.7 Å². The molecule has 4 nitrogen and oxygen atoms in total. The summed E-state index contributed by atoms with van der Waals surface area (Å²) in [6.07, 6.45) is 3.75. The minimum absolute atomic E-state index is 0.838. The number of anilines is 1. The average Bonchev–Trinajstić information content (AvgIpc) is 2.85. The van der Waals surface area contributed by atoms with Gasteiger partial charge in [0.25, 0.3) is 0 Å². The molecule has 2 aromatic heterocycles. The Morgan fingerprint density at radius 1 is 1.53 bits per heavy atom. The second-order valence-electron chi connectivity index (χ2n) is 3.25. The summed E-state index contributed by atoms with van der Waals surface area (Å²) in [7, 11) is 0. The molecule has 0 aliphatic rings. The van der Waals surface area contributed by atoms with Crippen LogP contribution in [0.5, 0.6) is 0 Å². The highest BCUT2D eigenvalue weighted by molar-refractivity contribution is 7.10. The van der Waals surface area contributed by atoms with Crippen LogP contribution in [-0.2, 0) is 13.1 Å². The Bertz CT molecular complexity index is 393. The van der Waals surface area contributed by atoms with E-state index in [0.717, 1.165) is 25.3 Å². The summed E-state index contributed by atoms with van der Waals surface area (Å²) < 4.78 is 1.91. The number of thiophene rings is 1. The van der Waals surface area contributed by atoms with Crippen LogP contribution in [0.2, 0.25) is 0 Å². The van der Waals surface area contributed by atoms with E-state index >= 15 is 0 Å². The topological polar surface area (TPSA) is 55.9 Å². The van der Waals surface area contributed by atoms with E-state index < -0.39 is 0 Å². The van der Waals surface area contributed by atoms with Crippen LogP contribution in [0.15, 0.2) is 29.9 Å². The van der Waals surface area contributed by atoms with E-state index in [-0.39, 0.29) is 0 Å². The van der Waals surface area contributed by atoms with Gasteiger partial charge in [0.1, 0.15) is 0 Å². The third-order valence-electron chi connectivity index (χ3n) is 2.14. The van der Waals surface area contributed by atoms with Crippen LogP contribution in [0.4, 0.5) is 5.69 Å². The molecule has 0 spiro atoms. The van der Waals surface area contributed by atoms with Gasteiger partial charge >= 0.3 is 0 Å². The molecule has 0 saturated heterocycles. The number of hydrogen-bond acceptors (Lipinski definition) is 4. The molecule has 0 unspecified atom stereocenters. The third kappa shape index (κ3) is 2.81. The van der Waals surface area contributed by atoms with Crippen molar-refractivity contribution >= 4 is 17.0 Å². The maximum absolute atomic E-state index is 5.77. The van der Waals surface area contributed by atoms with Crippen LogP contribution in [0.1, 0.15) is 4.88 Å². The van der Waals surface area contributed by atoms with Crippen molar-refractivity contribution < 1.29 is 0 Å². The number of aromatic nitrogens is 2. The van der Waals surface area contributed by atoms with Crippen molar-refractivity contribution in [1.82, 2.24) is 15.1 Å². The zero-order valence-electron chi connectivity index (χ0n) is 8.39. The van der Waals surface area contributed by atoms with E-state index in [1.807, 2.05) is 28.4 Å². The molecule has 15 heavy (non-hydrogen) atoms. The number of nitrogen functional groups attached to an aromatic ring is 1. The SMILES string of the molecule is Nc1ccsc1CNCCn1cccn1. The zero-order valence-corrected chi connectivity index (χ0v) is 9.20. The maximum Gasteiger partial charge on any atom is 0.0534 e. The van der Waals surface area contributed by atoms with Crippen molar-refractivity contribution in [2.45, 2.75) is 13.1 Å². The molecule has 0 bridgehead atoms. The highest BCUT2D eigenvalue weighted by Crippen LogP contribution is 2.17. The molecule has 0 aliphatic carbocycles. The fourth-order valence-corrected chi connectivity index (χ4v) is 2.09. The molecule has 0 radical (unpaired) electrons. The van der Waals surface area contributed by atoms with Gasteiger partial charge in [0, 0.05) is 36.0 Å². The van der Waals surface area contributed by atoms with E-state index in [2.05, 4.69) is 10.4 Å². The van der Waals surface area contributed by atoms with Crippen LogP contribution >= 0.6 is 11.3 Å². The third-order valence-corrected chi connectivity index (χ3v) is 3.08. The van der Waals surface area contributed by atoms with Crippen molar-refractivity contribution in [2.24, 2.45) is 0 Å². The van der Waals surface area contributed by atoms with E-state index in [4.69, 9.17) is 5.73 Å². The molecule has 2 heterocycles. The lowest BCUT2D eigenvalue weighted by Gasteiger charge is -2.04. The quantitative estimate of drug-likeness (QED) is 0.750. The average molecular weight is 222 g/mol. The minimum atomic E-state index is 0.838. The summed E-state index contributed by atoms with van der Waals surface area (Å²) >= 11 is 1.69. The first-order chi connectivity index (χ1) is 7.36. The standard InChI is InChI=1S/C10H14N4S/c11-9-2-7-15-10(9)8-12-4-6-14-5-1-3-13-14/h1-3,5,7,12H,4,6,8,11H2. The molecule has 5 heteroatoms. The van der Waals surface area contributed by atoms with E-state index in [9.17, 15) is 0 Å². The molecule has 3 N–H and O–H groups in total. The van der Waals surface area contributed by atoms with Gasteiger partial charge in [-0.05, 0) is 17.5 Å². The lowest BCUT2D eigenvalue weighted by molar-refractivity contribution is 0.557. The monoisotopic (exact) mass is 222 g/mol. The van der Waals surface area contributed by atoms with Crippen LogP contribution in [0, 0.1) is 0 Å². The largest absolute Gasteiger partial charge is 0.398 e. The first-order valence-corrected chi connectivity index (χ1v) is 5.74. The van der Waals surface area contributed by atoms with Gasteiger partial charge in [0.15, 0.2) is 0 Å². The number of rotatable bonds is 5. The molecule has 2 rings (SSSR count). The van der Waals surface area contributed by atoms with Gasteiger partial charge in [-0.3, -0.25) is 4.68 Å². The van der Waals surface area contributed by atoms with Crippen LogP contribution in [-0.4, -0.2) is 16.3 Å². The van der Waals surface area contributed by atoms with E-state index in [1.54, 1.807) is 17.5 Å². The molecule has 0 atom stereocenters. The number of nitrogens with one attached hydrogen (secondary N) is 1. The fraction of sp³-hybridized carbons (Fsp3) is 0.300. The smallest absolute Gasteiger partial charge is 0.0534 e. The predicted molar refractivity (Wildman–Crippen MR) is 62.7 cm³/mol. The molecular weight excluding hydrogens is 208 g/mol. The number of nitrogens with two attached hydrogens (primary N) is 1. The molecule has 2 aromatic rings. The molecular formula is C10H14N4S. The predicted octanol–water partition coefficient (Wildman–Crippen LogP) is 1.32. The van der Waals surface area contributed by atoms with Gasteiger partial charge < -0.3 is 11.1 Å². The second-order valence-corrected chi connectivity index (χ2v) is 4.25. The van der Waals surface area contributed by atoms with E-state index in [0.29, 0.717) is 0 Å². The maximum atomic E-state index is 5.77. The first-order valence-electron chi connectivity index (χ1n) is 4.86. The van der Waals surface area contributed by atoms with Crippen molar-refractivity contribution in [2.75, 3.05) is 12.3 Å². The molecule has 0 amide bonds. The summed E-state index contributed by atoms with van der Waals surface area (Å²) in [5, 5.41) is 9.47. The van der Waals surface area contributed by atoms with Crippen LogP contribution in [0.25, 0.3) is 0 Å². The van der Waals surface area contributed by atoms with Crippen LogP contribution in [0.3, 0.4) is 0 Å². The Balaban J connectivity index is 1.70. The van der Waals surface area contributed by atoms with Gasteiger partial charge in [0.2, 0.25) is 0 Å². The first kappa shape index (κ1) is 10.2. The normalized spacial score (nSPS) is 10.7. The van der Waals surface area contributed by atoms with Gasteiger partial charge in [-0.15, -0.1) is 11.3 Å². The Hall–Kier alpha value is -1.33. The highest BCUT2D eigenvalue weighted by Gasteiger charge is 1.99. The summed E-state index contributed by atoms with van der Waals surface area (Å²) in [6, 6.07) is 3.87. The molecule has 0 aliphatic heterocycles. The fourth-order valence-electron chi connectivity index (χ4n) is 1.32. The summed E-state index contributed by atoms with van der Waals surface area (Å²) in [5.41, 5.74) is 6.65. The Morgan fingerprint density at radius 2 is 2.47 bits per heavy atom. The lowest BCUT2D eigenvalue weighted by atomic mass is 10.4. The number of nitrogens with zero attached hydrogens (tertiary/aromatic N) is 2. The molecule has 80 valence electrons. The zero-order chi connectivity index (χ0) is 10.5. The second kappa shape index (κ2) is 4.95. The van der Waals surface area contributed by atoms with Crippen molar-refractivity contribution in [3.8, 4) is 0 Å². The lowest BCUT2D eigenvalue weighted by Crippen LogP contribution is -2.19. The summed E-state index contributed by atoms with van der Waals surface area (Å²) in [5.74, 6) is 0. The van der Waals surface area contributed by atoms with Gasteiger partial charge in [-0.2, -0.15) is 5.10 Å². The van der Waals surface area contributed by atoms with Crippen molar-refractivity contribution in [3.63, 3.8) is 0 Å². The molecule has 0 fully saturated rings. The Kier molecular flexibility index (Phi) is 3.37. The molecule has 0 saturated carbocycles. The van der Waals surface area contributed by atoms with Crippen LogP contribution < -0.4 is 11.1 Å².